The Morgan fingerprint density at radius 1 is 1.45 bits per heavy atom. The van der Waals surface area contributed by atoms with Crippen LogP contribution in [0.2, 0.25) is 0 Å². The first kappa shape index (κ1) is 15.2. The summed E-state index contributed by atoms with van der Waals surface area (Å²) in [5, 5.41) is 7.56. The van der Waals surface area contributed by atoms with E-state index < -0.39 is 0 Å². The van der Waals surface area contributed by atoms with E-state index in [-0.39, 0.29) is 11.9 Å². The Kier molecular flexibility index (Phi) is 4.29. The van der Waals surface area contributed by atoms with E-state index in [9.17, 15) is 4.79 Å². The van der Waals surface area contributed by atoms with Gasteiger partial charge in [0.1, 0.15) is 11.6 Å². The van der Waals surface area contributed by atoms with Gasteiger partial charge in [-0.3, -0.25) is 9.48 Å². The van der Waals surface area contributed by atoms with Crippen LogP contribution in [0.4, 0.5) is 0 Å². The van der Waals surface area contributed by atoms with E-state index in [4.69, 9.17) is 0 Å². The van der Waals surface area contributed by atoms with Crippen LogP contribution in [0.5, 0.6) is 0 Å². The Morgan fingerprint density at radius 2 is 2.27 bits per heavy atom. The lowest BCUT2D eigenvalue weighted by molar-refractivity contribution is -0.133. The third kappa shape index (κ3) is 2.67. The van der Waals surface area contributed by atoms with Crippen molar-refractivity contribution in [2.45, 2.75) is 52.6 Å². The summed E-state index contributed by atoms with van der Waals surface area (Å²) in [5.41, 5.74) is 3.40. The smallest absolute Gasteiger partial charge is 0.244 e. The summed E-state index contributed by atoms with van der Waals surface area (Å²) in [7, 11) is 0. The van der Waals surface area contributed by atoms with E-state index in [1.54, 1.807) is 11.3 Å². The van der Waals surface area contributed by atoms with Gasteiger partial charge in [0.2, 0.25) is 5.91 Å². The van der Waals surface area contributed by atoms with Crippen LogP contribution in [-0.2, 0) is 17.8 Å². The predicted molar refractivity (Wildman–Crippen MR) is 86.9 cm³/mol. The molecule has 6 heteroatoms. The van der Waals surface area contributed by atoms with Gasteiger partial charge >= 0.3 is 0 Å². The van der Waals surface area contributed by atoms with Crippen LogP contribution >= 0.6 is 11.3 Å². The highest BCUT2D eigenvalue weighted by molar-refractivity contribution is 7.09. The number of rotatable bonds is 4. The van der Waals surface area contributed by atoms with Gasteiger partial charge in [-0.1, -0.05) is 6.92 Å². The van der Waals surface area contributed by atoms with Gasteiger partial charge in [-0.05, 0) is 38.7 Å². The summed E-state index contributed by atoms with van der Waals surface area (Å²) in [4.78, 5) is 19.1. The Bertz CT molecular complexity index is 662. The molecule has 2 aromatic rings. The van der Waals surface area contributed by atoms with Crippen molar-refractivity contribution in [1.29, 1.82) is 0 Å². The normalized spacial score (nSPS) is 18.1. The van der Waals surface area contributed by atoms with Crippen LogP contribution < -0.4 is 0 Å². The first-order chi connectivity index (χ1) is 10.6. The molecule has 1 fully saturated rings. The third-order valence-corrected chi connectivity index (χ3v) is 5.36. The van der Waals surface area contributed by atoms with Crippen molar-refractivity contribution in [3.8, 4) is 0 Å². The fraction of sp³-hybridized carbons (Fsp3) is 0.562. The molecule has 1 aliphatic heterocycles. The molecule has 0 aromatic carbocycles. The summed E-state index contributed by atoms with van der Waals surface area (Å²) in [5.74, 6) is 0.144. The average Bonchev–Trinajstić information content (AvgIpc) is 3.20. The highest BCUT2D eigenvalue weighted by atomic mass is 32.1. The molecule has 3 rings (SSSR count). The van der Waals surface area contributed by atoms with Crippen LogP contribution in [0.1, 0.15) is 47.8 Å². The number of carbonyl (C=O) groups excluding carboxylic acids is 1. The molecule has 1 amide bonds. The molecule has 0 bridgehead atoms. The molecule has 0 aliphatic carbocycles. The SMILES string of the molecule is CCc1c(C)nn(CC(=O)N2CCCC2c2nccs2)c1C. The molecule has 2 aromatic heterocycles. The fourth-order valence-electron chi connectivity index (χ4n) is 3.34. The van der Waals surface area contributed by atoms with Gasteiger partial charge in [-0.2, -0.15) is 5.10 Å². The highest BCUT2D eigenvalue weighted by Crippen LogP contribution is 2.33. The Hall–Kier alpha value is -1.69. The van der Waals surface area contributed by atoms with Crippen molar-refractivity contribution in [2.24, 2.45) is 0 Å². The maximum absolute atomic E-state index is 12.7. The largest absolute Gasteiger partial charge is 0.332 e. The van der Waals surface area contributed by atoms with Crippen molar-refractivity contribution >= 4 is 17.2 Å². The molecule has 3 heterocycles. The summed E-state index contributed by atoms with van der Waals surface area (Å²) in [6.07, 6.45) is 4.83. The first-order valence-electron chi connectivity index (χ1n) is 7.83. The molecule has 0 spiro atoms. The van der Waals surface area contributed by atoms with Gasteiger partial charge in [0.25, 0.3) is 0 Å². The van der Waals surface area contributed by atoms with Crippen molar-refractivity contribution in [3.63, 3.8) is 0 Å². The van der Waals surface area contributed by atoms with Crippen LogP contribution in [0.3, 0.4) is 0 Å². The van der Waals surface area contributed by atoms with Gasteiger partial charge < -0.3 is 4.90 Å². The minimum Gasteiger partial charge on any atom is -0.332 e. The molecule has 5 nitrogen and oxygen atoms in total. The Morgan fingerprint density at radius 3 is 2.91 bits per heavy atom. The van der Waals surface area contributed by atoms with Crippen LogP contribution in [0.15, 0.2) is 11.6 Å². The minimum atomic E-state index is 0.144. The standard InChI is InChI=1S/C16H22N4OS/c1-4-13-11(2)18-20(12(13)3)10-15(21)19-8-5-6-14(19)16-17-7-9-22-16/h7,9,14H,4-6,8,10H2,1-3H3. The molecule has 1 saturated heterocycles. The van der Waals surface area contributed by atoms with E-state index in [2.05, 4.69) is 23.9 Å². The maximum Gasteiger partial charge on any atom is 0.244 e. The Balaban J connectivity index is 1.77. The lowest BCUT2D eigenvalue weighted by Gasteiger charge is -2.23. The number of hydrogen-bond donors (Lipinski definition) is 0. The number of thiazole rings is 1. The molecule has 1 atom stereocenters. The zero-order valence-electron chi connectivity index (χ0n) is 13.4. The van der Waals surface area contributed by atoms with Crippen molar-refractivity contribution < 1.29 is 4.79 Å². The highest BCUT2D eigenvalue weighted by Gasteiger charge is 2.31. The molecule has 0 N–H and O–H groups in total. The second-order valence-corrected chi connectivity index (χ2v) is 6.70. The topological polar surface area (TPSA) is 51.0 Å². The van der Waals surface area contributed by atoms with Crippen LogP contribution in [0.25, 0.3) is 0 Å². The van der Waals surface area contributed by atoms with Crippen LogP contribution in [0, 0.1) is 13.8 Å². The van der Waals surface area contributed by atoms with E-state index in [1.165, 1.54) is 5.56 Å². The minimum absolute atomic E-state index is 0.144. The Labute approximate surface area is 135 Å². The summed E-state index contributed by atoms with van der Waals surface area (Å²) >= 11 is 1.63. The third-order valence-electron chi connectivity index (χ3n) is 4.48. The van der Waals surface area contributed by atoms with E-state index in [1.807, 2.05) is 28.1 Å². The van der Waals surface area contributed by atoms with Gasteiger partial charge in [0.15, 0.2) is 0 Å². The molecular weight excluding hydrogens is 296 g/mol. The predicted octanol–water partition coefficient (Wildman–Crippen LogP) is 2.88. The number of amides is 1. The lowest BCUT2D eigenvalue weighted by atomic mass is 10.1. The lowest BCUT2D eigenvalue weighted by Crippen LogP contribution is -2.34. The summed E-state index contributed by atoms with van der Waals surface area (Å²) in [6.45, 7) is 7.34. The van der Waals surface area contributed by atoms with Crippen molar-refractivity contribution in [1.82, 2.24) is 19.7 Å². The first-order valence-corrected chi connectivity index (χ1v) is 8.71. The molecule has 0 saturated carbocycles. The summed E-state index contributed by atoms with van der Waals surface area (Å²) in [6, 6.07) is 0.148. The molecule has 22 heavy (non-hydrogen) atoms. The number of nitrogens with zero attached hydrogens (tertiary/aromatic N) is 4. The fourth-order valence-corrected chi connectivity index (χ4v) is 4.12. The molecule has 1 unspecified atom stereocenters. The van der Waals surface area contributed by atoms with Crippen LogP contribution in [-0.4, -0.2) is 32.1 Å². The van der Waals surface area contributed by atoms with E-state index >= 15 is 0 Å². The molecular formula is C16H22N4OS. The second kappa shape index (κ2) is 6.20. The van der Waals surface area contributed by atoms with Gasteiger partial charge in [0.05, 0.1) is 11.7 Å². The van der Waals surface area contributed by atoms with Crippen molar-refractivity contribution in [2.75, 3.05) is 6.54 Å². The average molecular weight is 318 g/mol. The summed E-state index contributed by atoms with van der Waals surface area (Å²) < 4.78 is 1.85. The zero-order chi connectivity index (χ0) is 15.7. The number of aromatic nitrogens is 3. The maximum atomic E-state index is 12.7. The number of hydrogen-bond acceptors (Lipinski definition) is 4. The number of likely N-dealkylation sites (tertiary alicyclic amines) is 1. The molecule has 118 valence electrons. The van der Waals surface area contributed by atoms with Gasteiger partial charge in [-0.25, -0.2) is 4.98 Å². The quantitative estimate of drug-likeness (QED) is 0.871. The zero-order valence-corrected chi connectivity index (χ0v) is 14.2. The van der Waals surface area contributed by atoms with Gasteiger partial charge in [-0.15, -0.1) is 11.3 Å². The molecule has 0 radical (unpaired) electrons. The molecule has 1 aliphatic rings. The number of carbonyl (C=O) groups is 1. The van der Waals surface area contributed by atoms with E-state index in [0.29, 0.717) is 6.54 Å². The second-order valence-electron chi connectivity index (χ2n) is 5.78. The van der Waals surface area contributed by atoms with Gasteiger partial charge in [0, 0.05) is 23.8 Å². The van der Waals surface area contributed by atoms with E-state index in [0.717, 1.165) is 42.2 Å². The monoisotopic (exact) mass is 318 g/mol. The number of aryl methyl sites for hydroxylation is 1. The van der Waals surface area contributed by atoms with Crippen molar-refractivity contribution in [3.05, 3.63) is 33.5 Å².